The molecule has 0 fully saturated rings. The number of ether oxygens (including phenoxy) is 2. The number of para-hydroxylation sites is 2. The number of alkyl halides is 1. The first kappa shape index (κ1) is 15.6. The molecule has 0 saturated carbocycles. The number of hydrogen-bond donors (Lipinski definition) is 0. The largest absolute Gasteiger partial charge is 0.473 e. The highest BCUT2D eigenvalue weighted by atomic mass is 35.5. The van der Waals surface area contributed by atoms with E-state index in [0.29, 0.717) is 11.3 Å². The molecule has 25 heavy (non-hydrogen) atoms. The molecule has 0 N–H and O–H groups in total. The van der Waals surface area contributed by atoms with Crippen LogP contribution >= 0.6 is 11.6 Å². The fraction of sp³-hybridized carbons (Fsp3) is 0.250. The van der Waals surface area contributed by atoms with Crippen molar-refractivity contribution in [2.24, 2.45) is 0 Å². The Balaban J connectivity index is 2.00. The lowest BCUT2D eigenvalue weighted by atomic mass is 9.80. The molecule has 4 unspecified atom stereocenters. The molecule has 2 aliphatic heterocycles. The molecule has 2 aliphatic rings. The maximum absolute atomic E-state index is 12.1. The van der Waals surface area contributed by atoms with Gasteiger partial charge in [-0.25, -0.2) is 0 Å². The van der Waals surface area contributed by atoms with Gasteiger partial charge in [-0.3, -0.25) is 20.2 Å². The highest BCUT2D eigenvalue weighted by Crippen LogP contribution is 2.58. The number of benzene rings is 2. The molecule has 0 bridgehead atoms. The van der Waals surface area contributed by atoms with Gasteiger partial charge in [-0.2, -0.15) is 0 Å². The first-order valence-corrected chi connectivity index (χ1v) is 7.86. The van der Waals surface area contributed by atoms with Gasteiger partial charge in [0.15, 0.2) is 5.92 Å². The first-order chi connectivity index (χ1) is 12.0. The van der Waals surface area contributed by atoms with Crippen molar-refractivity contribution >= 4 is 11.6 Å². The molecule has 8 nitrogen and oxygen atoms in total. The number of fused-ring (bicyclic) bond motifs is 4. The summed E-state index contributed by atoms with van der Waals surface area (Å²) in [5.74, 6) is -0.751. The van der Waals surface area contributed by atoms with Crippen molar-refractivity contribution in [2.75, 3.05) is 0 Å². The lowest BCUT2D eigenvalue weighted by molar-refractivity contribution is -0.644. The zero-order chi connectivity index (χ0) is 17.8. The van der Waals surface area contributed by atoms with Gasteiger partial charge in [0.25, 0.3) is 0 Å². The minimum Gasteiger partial charge on any atom is -0.473 e. The second-order valence-electron chi connectivity index (χ2n) is 5.82. The second-order valence-corrected chi connectivity index (χ2v) is 6.27. The van der Waals surface area contributed by atoms with Crippen molar-refractivity contribution in [2.45, 2.75) is 23.2 Å². The molecular formula is C16H11ClN2O6. The third kappa shape index (κ3) is 2.00. The maximum atomic E-state index is 12.1. The van der Waals surface area contributed by atoms with Crippen LogP contribution in [-0.4, -0.2) is 21.1 Å². The van der Waals surface area contributed by atoms with Gasteiger partial charge >= 0.3 is 11.2 Å². The van der Waals surface area contributed by atoms with E-state index in [4.69, 9.17) is 21.1 Å². The van der Waals surface area contributed by atoms with Gasteiger partial charge in [0.2, 0.25) is 6.10 Å². The Morgan fingerprint density at radius 3 is 2.24 bits per heavy atom. The smallest absolute Gasteiger partial charge is 0.419 e. The van der Waals surface area contributed by atoms with Gasteiger partial charge in [-0.05, 0) is 23.7 Å². The van der Waals surface area contributed by atoms with Crippen LogP contribution in [0.5, 0.6) is 11.5 Å². The maximum Gasteiger partial charge on any atom is 0.419 e. The number of hydrogen-bond acceptors (Lipinski definition) is 6. The third-order valence-corrected chi connectivity index (χ3v) is 4.97. The average Bonchev–Trinajstić information content (AvgIpc) is 2.94. The molecule has 0 radical (unpaired) electrons. The van der Waals surface area contributed by atoms with Crippen LogP contribution in [0, 0.1) is 20.2 Å². The van der Waals surface area contributed by atoms with E-state index in [1.54, 1.807) is 42.5 Å². The summed E-state index contributed by atoms with van der Waals surface area (Å²) < 4.78 is 11.5. The van der Waals surface area contributed by atoms with Gasteiger partial charge in [-0.1, -0.05) is 36.4 Å². The Labute approximate surface area is 146 Å². The van der Waals surface area contributed by atoms with Crippen LogP contribution in [0.15, 0.2) is 48.5 Å². The Hall–Kier alpha value is -2.87. The summed E-state index contributed by atoms with van der Waals surface area (Å²) >= 11 is 6.03. The molecule has 0 amide bonds. The average molecular weight is 363 g/mol. The van der Waals surface area contributed by atoms with E-state index in [0.717, 1.165) is 0 Å². The molecule has 2 heterocycles. The van der Waals surface area contributed by atoms with Crippen LogP contribution in [0.4, 0.5) is 0 Å². The highest BCUT2D eigenvalue weighted by molar-refractivity contribution is 6.20. The van der Waals surface area contributed by atoms with E-state index in [9.17, 15) is 20.2 Å². The summed E-state index contributed by atoms with van der Waals surface area (Å²) in [6.45, 7) is 0. The normalized spacial score (nSPS) is 27.1. The summed E-state index contributed by atoms with van der Waals surface area (Å²) in [5, 5.41) is 23.5. The van der Waals surface area contributed by atoms with Crippen LogP contribution in [-0.2, 0) is 0 Å². The molecule has 4 rings (SSSR count). The number of nitrogens with zero attached hydrogens (tertiary/aromatic N) is 2. The molecule has 2 aromatic rings. The van der Waals surface area contributed by atoms with Crippen LogP contribution in [0.3, 0.4) is 0 Å². The molecule has 0 spiro atoms. The van der Waals surface area contributed by atoms with Crippen molar-refractivity contribution in [1.82, 2.24) is 0 Å². The zero-order valence-corrected chi connectivity index (χ0v) is 13.3. The van der Waals surface area contributed by atoms with Crippen LogP contribution in [0.25, 0.3) is 0 Å². The van der Waals surface area contributed by atoms with E-state index in [-0.39, 0.29) is 11.3 Å². The Morgan fingerprint density at radius 2 is 1.60 bits per heavy atom. The summed E-state index contributed by atoms with van der Waals surface area (Å²) in [6.07, 6.45) is -1.14. The summed E-state index contributed by atoms with van der Waals surface area (Å²) in [6, 6.07) is 13.0. The lowest BCUT2D eigenvalue weighted by Gasteiger charge is -2.37. The molecule has 0 saturated heterocycles. The van der Waals surface area contributed by atoms with Gasteiger partial charge in [-0.15, -0.1) is 0 Å². The molecule has 0 aromatic heterocycles. The topological polar surface area (TPSA) is 105 Å². The zero-order valence-electron chi connectivity index (χ0n) is 12.6. The van der Waals surface area contributed by atoms with E-state index in [2.05, 4.69) is 0 Å². The lowest BCUT2D eigenvalue weighted by Crippen LogP contribution is -2.58. The summed E-state index contributed by atoms with van der Waals surface area (Å²) in [4.78, 5) is 22.1. The summed E-state index contributed by atoms with van der Waals surface area (Å²) in [5.41, 5.74) is -3.23. The Morgan fingerprint density at radius 1 is 1.00 bits per heavy atom. The first-order valence-electron chi connectivity index (χ1n) is 7.42. The fourth-order valence-electron chi connectivity index (χ4n) is 3.53. The van der Waals surface area contributed by atoms with Crippen LogP contribution in [0.1, 0.15) is 23.1 Å². The predicted molar refractivity (Wildman–Crippen MR) is 86.0 cm³/mol. The fourth-order valence-corrected chi connectivity index (χ4v) is 3.84. The van der Waals surface area contributed by atoms with Crippen molar-refractivity contribution < 1.29 is 19.3 Å². The minimum atomic E-state index is -2.21. The molecule has 128 valence electrons. The van der Waals surface area contributed by atoms with E-state index < -0.39 is 33.1 Å². The monoisotopic (exact) mass is 362 g/mol. The Kier molecular flexibility index (Phi) is 3.33. The standard InChI is InChI=1S/C16H11ClN2O6/c17-15(18(20)21)13-9-5-1-3-7-11(9)24-14-10-6-2-4-8-12(10)25-16(13,14)19(22)23/h1-8,13-15H. The molecule has 9 heteroatoms. The predicted octanol–water partition coefficient (Wildman–Crippen LogP) is 3.11. The number of nitro groups is 2. The highest BCUT2D eigenvalue weighted by Gasteiger charge is 2.73. The van der Waals surface area contributed by atoms with E-state index in [1.165, 1.54) is 6.07 Å². The molecule has 2 aromatic carbocycles. The van der Waals surface area contributed by atoms with Gasteiger partial charge in [0.1, 0.15) is 11.5 Å². The van der Waals surface area contributed by atoms with Gasteiger partial charge in [0, 0.05) is 16.1 Å². The van der Waals surface area contributed by atoms with Gasteiger partial charge < -0.3 is 9.47 Å². The number of rotatable bonds is 3. The molecule has 0 aliphatic carbocycles. The van der Waals surface area contributed by atoms with E-state index >= 15 is 0 Å². The summed E-state index contributed by atoms with van der Waals surface area (Å²) in [7, 11) is 0. The quantitative estimate of drug-likeness (QED) is 0.359. The van der Waals surface area contributed by atoms with Crippen molar-refractivity contribution in [3.05, 3.63) is 79.9 Å². The third-order valence-electron chi connectivity index (χ3n) is 4.56. The van der Waals surface area contributed by atoms with Crippen LogP contribution < -0.4 is 9.47 Å². The molecular weight excluding hydrogens is 352 g/mol. The Bertz CT molecular complexity index is 890. The van der Waals surface area contributed by atoms with Crippen molar-refractivity contribution in [1.29, 1.82) is 0 Å². The SMILES string of the molecule is O=[N+]([O-])C(Cl)C1c2ccccc2OC2c3ccccc3OC21[N+](=O)[O-]. The van der Waals surface area contributed by atoms with E-state index in [1.807, 2.05) is 0 Å². The van der Waals surface area contributed by atoms with Crippen molar-refractivity contribution in [3.63, 3.8) is 0 Å². The molecule has 4 atom stereocenters. The second kappa shape index (κ2) is 5.32. The van der Waals surface area contributed by atoms with Crippen LogP contribution in [0.2, 0.25) is 0 Å². The minimum absolute atomic E-state index is 0.259. The van der Waals surface area contributed by atoms with Crippen molar-refractivity contribution in [3.8, 4) is 11.5 Å². The number of halogens is 1. The van der Waals surface area contributed by atoms with Gasteiger partial charge in [0.05, 0.1) is 4.92 Å².